The van der Waals surface area contributed by atoms with Gasteiger partial charge in [-0.3, -0.25) is 9.59 Å². The second-order valence-corrected chi connectivity index (χ2v) is 7.78. The van der Waals surface area contributed by atoms with Crippen LogP contribution in [0.5, 0.6) is 0 Å². The van der Waals surface area contributed by atoms with Gasteiger partial charge in [0, 0.05) is 12.7 Å². The van der Waals surface area contributed by atoms with Crippen LogP contribution in [0, 0.1) is 0 Å². The highest BCUT2D eigenvalue weighted by Gasteiger charge is 2.26. The number of rotatable bonds is 5. The third-order valence-corrected chi connectivity index (χ3v) is 5.42. The van der Waals surface area contributed by atoms with Crippen molar-refractivity contribution in [3.8, 4) is 5.69 Å². The lowest BCUT2D eigenvalue weighted by molar-refractivity contribution is 0.0782. The van der Waals surface area contributed by atoms with Crippen molar-refractivity contribution in [2.75, 3.05) is 18.4 Å². The molecule has 0 bridgehead atoms. The van der Waals surface area contributed by atoms with Crippen LogP contribution in [0.1, 0.15) is 27.3 Å². The molecule has 3 N–H and O–H groups in total. The zero-order valence-corrected chi connectivity index (χ0v) is 17.6. The van der Waals surface area contributed by atoms with Crippen LogP contribution >= 0.6 is 23.2 Å². The van der Waals surface area contributed by atoms with E-state index in [1.54, 1.807) is 30.3 Å². The van der Waals surface area contributed by atoms with Crippen molar-refractivity contribution >= 4 is 46.5 Å². The topological polar surface area (TPSA) is 106 Å². The standard InChI is InChI=1S/C20H17Cl2FN6O2/c21-13-2-1-3-14(22)18(13)29-10-15(17(27-29)19(24)30)26-16-5-4-11(8-25-16)20(31)28-7-6-12(23)9-28/h1-5,8,10,12H,6-7,9H2,(H2,24,30)(H,25,26)/t12-/m1/s1. The molecule has 1 aromatic carbocycles. The first-order chi connectivity index (χ1) is 14.8. The highest BCUT2D eigenvalue weighted by atomic mass is 35.5. The van der Waals surface area contributed by atoms with Gasteiger partial charge in [0.05, 0.1) is 34.0 Å². The molecule has 2 aromatic heterocycles. The lowest BCUT2D eigenvalue weighted by Gasteiger charge is -2.15. The van der Waals surface area contributed by atoms with Gasteiger partial charge < -0.3 is 16.0 Å². The van der Waals surface area contributed by atoms with E-state index in [0.29, 0.717) is 40.1 Å². The summed E-state index contributed by atoms with van der Waals surface area (Å²) in [4.78, 5) is 30.0. The number of halogens is 3. The molecule has 1 saturated heterocycles. The van der Waals surface area contributed by atoms with Crippen LogP contribution in [0.15, 0.2) is 42.7 Å². The molecule has 1 aliphatic rings. The molecule has 0 aliphatic carbocycles. The lowest BCUT2D eigenvalue weighted by atomic mass is 10.2. The van der Waals surface area contributed by atoms with E-state index in [9.17, 15) is 14.0 Å². The molecule has 3 aromatic rings. The number of nitrogens with two attached hydrogens (primary N) is 1. The molecular formula is C20H17Cl2FN6O2. The molecule has 11 heteroatoms. The SMILES string of the molecule is NC(=O)c1nn(-c2c(Cl)cccc2Cl)cc1Nc1ccc(C(=O)N2CC[C@@H](F)C2)cn1. The summed E-state index contributed by atoms with van der Waals surface area (Å²) in [7, 11) is 0. The van der Waals surface area contributed by atoms with E-state index in [-0.39, 0.29) is 23.8 Å². The molecule has 31 heavy (non-hydrogen) atoms. The Morgan fingerprint density at radius 3 is 2.52 bits per heavy atom. The van der Waals surface area contributed by atoms with Gasteiger partial charge in [0.1, 0.15) is 17.7 Å². The van der Waals surface area contributed by atoms with Crippen molar-refractivity contribution in [2.45, 2.75) is 12.6 Å². The molecule has 0 unspecified atom stereocenters. The third kappa shape index (κ3) is 4.33. The zero-order chi connectivity index (χ0) is 22.1. The predicted molar refractivity (Wildman–Crippen MR) is 115 cm³/mol. The molecule has 1 atom stereocenters. The number of amides is 2. The second kappa shape index (κ2) is 8.52. The fraction of sp³-hybridized carbons (Fsp3) is 0.200. The Morgan fingerprint density at radius 2 is 1.94 bits per heavy atom. The van der Waals surface area contributed by atoms with Crippen molar-refractivity contribution in [1.29, 1.82) is 0 Å². The summed E-state index contributed by atoms with van der Waals surface area (Å²) in [6.45, 7) is 0.469. The van der Waals surface area contributed by atoms with Gasteiger partial charge >= 0.3 is 0 Å². The predicted octanol–water partition coefficient (Wildman–Crippen LogP) is 3.60. The Bertz CT molecular complexity index is 1130. The highest BCUT2D eigenvalue weighted by molar-refractivity contribution is 6.37. The molecule has 8 nitrogen and oxygen atoms in total. The fourth-order valence-corrected chi connectivity index (χ4v) is 3.86. The number of carbonyl (C=O) groups is 2. The summed E-state index contributed by atoms with van der Waals surface area (Å²) in [6.07, 6.45) is 2.25. The molecule has 2 amide bonds. The number of benzene rings is 1. The Kier molecular flexibility index (Phi) is 5.79. The number of hydrogen-bond donors (Lipinski definition) is 2. The van der Waals surface area contributed by atoms with Crippen molar-refractivity contribution in [1.82, 2.24) is 19.7 Å². The molecule has 1 aliphatic heterocycles. The maximum atomic E-state index is 13.4. The van der Waals surface area contributed by atoms with E-state index in [0.717, 1.165) is 0 Å². The minimum absolute atomic E-state index is 0.0380. The zero-order valence-electron chi connectivity index (χ0n) is 16.1. The first-order valence-electron chi connectivity index (χ1n) is 9.33. The van der Waals surface area contributed by atoms with Crippen molar-refractivity contribution in [3.63, 3.8) is 0 Å². The summed E-state index contributed by atoms with van der Waals surface area (Å²) < 4.78 is 14.7. The average molecular weight is 463 g/mol. The van der Waals surface area contributed by atoms with Gasteiger partial charge in [0.2, 0.25) is 0 Å². The van der Waals surface area contributed by atoms with E-state index in [1.807, 2.05) is 0 Å². The summed E-state index contributed by atoms with van der Waals surface area (Å²) >= 11 is 12.4. The molecule has 0 spiro atoms. The number of pyridine rings is 1. The van der Waals surface area contributed by atoms with Crippen LogP contribution < -0.4 is 11.1 Å². The van der Waals surface area contributed by atoms with Gasteiger partial charge in [0.25, 0.3) is 11.8 Å². The number of para-hydroxylation sites is 1. The van der Waals surface area contributed by atoms with Crippen LogP contribution in [0.4, 0.5) is 15.9 Å². The molecule has 3 heterocycles. The van der Waals surface area contributed by atoms with E-state index in [1.165, 1.54) is 22.0 Å². The Balaban J connectivity index is 1.58. The highest BCUT2D eigenvalue weighted by Crippen LogP contribution is 2.30. The lowest BCUT2D eigenvalue weighted by Crippen LogP contribution is -2.29. The Hall–Kier alpha value is -3.17. The number of hydrogen-bond acceptors (Lipinski definition) is 5. The van der Waals surface area contributed by atoms with Crippen molar-refractivity contribution in [2.24, 2.45) is 5.73 Å². The van der Waals surface area contributed by atoms with E-state index in [2.05, 4.69) is 15.4 Å². The maximum Gasteiger partial charge on any atom is 0.271 e. The van der Waals surface area contributed by atoms with Crippen LogP contribution in [0.2, 0.25) is 10.0 Å². The molecular weight excluding hydrogens is 446 g/mol. The Morgan fingerprint density at radius 1 is 1.19 bits per heavy atom. The van der Waals surface area contributed by atoms with Crippen LogP contribution in [0.25, 0.3) is 5.69 Å². The third-order valence-electron chi connectivity index (χ3n) is 4.81. The molecule has 0 radical (unpaired) electrons. The fourth-order valence-electron chi connectivity index (χ4n) is 3.29. The summed E-state index contributed by atoms with van der Waals surface area (Å²) in [5.74, 6) is -0.683. The number of nitrogens with zero attached hydrogens (tertiary/aromatic N) is 4. The molecule has 0 saturated carbocycles. The van der Waals surface area contributed by atoms with Gasteiger partial charge in [-0.15, -0.1) is 0 Å². The first-order valence-corrected chi connectivity index (χ1v) is 10.1. The first kappa shape index (κ1) is 21.1. The second-order valence-electron chi connectivity index (χ2n) is 6.96. The molecule has 160 valence electrons. The number of aromatic nitrogens is 3. The largest absolute Gasteiger partial charge is 0.364 e. The monoisotopic (exact) mass is 462 g/mol. The minimum Gasteiger partial charge on any atom is -0.364 e. The van der Waals surface area contributed by atoms with Gasteiger partial charge in [-0.1, -0.05) is 29.3 Å². The molecule has 1 fully saturated rings. The van der Waals surface area contributed by atoms with Gasteiger partial charge in [0.15, 0.2) is 5.69 Å². The van der Waals surface area contributed by atoms with Crippen molar-refractivity contribution in [3.05, 3.63) is 64.0 Å². The minimum atomic E-state index is -0.992. The number of nitrogens with one attached hydrogen (secondary N) is 1. The smallest absolute Gasteiger partial charge is 0.271 e. The summed E-state index contributed by atoms with van der Waals surface area (Å²) in [6, 6.07) is 8.12. The van der Waals surface area contributed by atoms with E-state index >= 15 is 0 Å². The normalized spacial score (nSPS) is 15.8. The van der Waals surface area contributed by atoms with Gasteiger partial charge in [-0.05, 0) is 30.7 Å². The number of primary amides is 1. The van der Waals surface area contributed by atoms with Gasteiger partial charge in [-0.25, -0.2) is 14.1 Å². The quantitative estimate of drug-likeness (QED) is 0.602. The number of carbonyl (C=O) groups excluding carboxylic acids is 2. The number of anilines is 2. The maximum absolute atomic E-state index is 13.4. The average Bonchev–Trinajstić information content (AvgIpc) is 3.34. The van der Waals surface area contributed by atoms with Crippen LogP contribution in [-0.2, 0) is 0 Å². The van der Waals surface area contributed by atoms with Crippen molar-refractivity contribution < 1.29 is 14.0 Å². The number of likely N-dealkylation sites (tertiary alicyclic amines) is 1. The van der Waals surface area contributed by atoms with Crippen LogP contribution in [-0.4, -0.2) is 50.7 Å². The van der Waals surface area contributed by atoms with Crippen LogP contribution in [0.3, 0.4) is 0 Å². The number of alkyl halides is 1. The van der Waals surface area contributed by atoms with E-state index in [4.69, 9.17) is 28.9 Å². The summed E-state index contributed by atoms with van der Waals surface area (Å²) in [5.41, 5.74) is 6.44. The van der Waals surface area contributed by atoms with E-state index < -0.39 is 12.1 Å². The molecule has 4 rings (SSSR count). The summed E-state index contributed by atoms with van der Waals surface area (Å²) in [5, 5.41) is 7.84. The Labute approximate surface area is 186 Å². The van der Waals surface area contributed by atoms with Gasteiger partial charge in [-0.2, -0.15) is 5.10 Å².